The van der Waals surface area contributed by atoms with Crippen molar-refractivity contribution in [2.75, 3.05) is 5.32 Å². The zero-order valence-corrected chi connectivity index (χ0v) is 15.9. The lowest BCUT2D eigenvalue weighted by Crippen LogP contribution is -2.12. The molecule has 3 aromatic carbocycles. The fraction of sp³-hybridized carbons (Fsp3) is 0.208. The standard InChI is InChI=1S/C24H23NO2/c1-4-15(2)17-9-12-19(13-10-17)25-24(26)22-16(3)20-14-11-18-7-5-6-8-21(18)23(20)27-22/h5-15H,4H2,1-3H3,(H,25,26)/t15-/m0/s1. The first-order valence-electron chi connectivity index (χ1n) is 9.40. The highest BCUT2D eigenvalue weighted by Crippen LogP contribution is 2.32. The van der Waals surface area contributed by atoms with Gasteiger partial charge in [-0.25, -0.2) is 0 Å². The van der Waals surface area contributed by atoms with Crippen LogP contribution in [0.3, 0.4) is 0 Å². The van der Waals surface area contributed by atoms with Gasteiger partial charge in [-0.05, 0) is 42.3 Å². The Bertz CT molecular complexity index is 1120. The first kappa shape index (κ1) is 17.3. The van der Waals surface area contributed by atoms with Crippen LogP contribution in [0.5, 0.6) is 0 Å². The summed E-state index contributed by atoms with van der Waals surface area (Å²) in [7, 11) is 0. The molecule has 3 nitrogen and oxygen atoms in total. The van der Waals surface area contributed by atoms with Gasteiger partial charge in [-0.2, -0.15) is 0 Å². The third-order valence-corrected chi connectivity index (χ3v) is 5.38. The van der Waals surface area contributed by atoms with E-state index in [0.29, 0.717) is 11.7 Å². The Labute approximate surface area is 159 Å². The molecule has 0 bridgehead atoms. The minimum atomic E-state index is -0.218. The number of hydrogen-bond donors (Lipinski definition) is 1. The van der Waals surface area contributed by atoms with Crippen molar-refractivity contribution in [1.29, 1.82) is 0 Å². The molecule has 0 saturated heterocycles. The quantitative estimate of drug-likeness (QED) is 0.444. The maximum absolute atomic E-state index is 12.8. The van der Waals surface area contributed by atoms with E-state index < -0.39 is 0 Å². The first-order valence-corrected chi connectivity index (χ1v) is 9.40. The Morgan fingerprint density at radius 2 is 1.74 bits per heavy atom. The number of hydrogen-bond acceptors (Lipinski definition) is 2. The van der Waals surface area contributed by atoms with Gasteiger partial charge in [0.2, 0.25) is 0 Å². The number of carbonyl (C=O) groups is 1. The number of aryl methyl sites for hydroxylation is 1. The lowest BCUT2D eigenvalue weighted by Gasteiger charge is -2.10. The van der Waals surface area contributed by atoms with E-state index in [1.807, 2.05) is 49.4 Å². The number of anilines is 1. The SMILES string of the molecule is CC[C@H](C)c1ccc(NC(=O)c2oc3c(ccc4ccccc43)c2C)cc1. The van der Waals surface area contributed by atoms with Crippen molar-refractivity contribution in [3.63, 3.8) is 0 Å². The molecular formula is C24H23NO2. The van der Waals surface area contributed by atoms with Crippen LogP contribution in [0.25, 0.3) is 21.7 Å². The van der Waals surface area contributed by atoms with Crippen LogP contribution >= 0.6 is 0 Å². The molecule has 1 amide bonds. The van der Waals surface area contributed by atoms with Gasteiger partial charge in [0.25, 0.3) is 5.91 Å². The highest BCUT2D eigenvalue weighted by Gasteiger charge is 2.19. The summed E-state index contributed by atoms with van der Waals surface area (Å²) in [6.45, 7) is 6.31. The topological polar surface area (TPSA) is 42.2 Å². The minimum absolute atomic E-state index is 0.218. The van der Waals surface area contributed by atoms with E-state index in [0.717, 1.165) is 39.4 Å². The van der Waals surface area contributed by atoms with Crippen molar-refractivity contribution in [3.8, 4) is 0 Å². The fourth-order valence-corrected chi connectivity index (χ4v) is 3.48. The number of carbonyl (C=O) groups excluding carboxylic acids is 1. The Hall–Kier alpha value is -3.07. The van der Waals surface area contributed by atoms with Crippen molar-refractivity contribution in [3.05, 3.63) is 77.6 Å². The summed E-state index contributed by atoms with van der Waals surface area (Å²) in [4.78, 5) is 12.8. The molecule has 1 N–H and O–H groups in total. The summed E-state index contributed by atoms with van der Waals surface area (Å²) in [5.74, 6) is 0.664. The molecule has 3 heteroatoms. The largest absolute Gasteiger partial charge is 0.450 e. The van der Waals surface area contributed by atoms with Gasteiger partial charge in [-0.3, -0.25) is 4.79 Å². The number of nitrogens with one attached hydrogen (secondary N) is 1. The van der Waals surface area contributed by atoms with Gasteiger partial charge < -0.3 is 9.73 Å². The molecular weight excluding hydrogens is 334 g/mol. The van der Waals surface area contributed by atoms with Crippen LogP contribution in [0, 0.1) is 6.92 Å². The molecule has 0 unspecified atom stereocenters. The molecule has 4 aromatic rings. The van der Waals surface area contributed by atoms with Crippen LogP contribution < -0.4 is 5.32 Å². The van der Waals surface area contributed by atoms with Crippen molar-refractivity contribution in [2.45, 2.75) is 33.1 Å². The minimum Gasteiger partial charge on any atom is -0.450 e. The number of benzene rings is 3. The van der Waals surface area contributed by atoms with E-state index in [2.05, 4.69) is 37.4 Å². The smallest absolute Gasteiger partial charge is 0.291 e. The summed E-state index contributed by atoms with van der Waals surface area (Å²) >= 11 is 0. The Morgan fingerprint density at radius 1 is 1.00 bits per heavy atom. The number of furan rings is 1. The van der Waals surface area contributed by atoms with Gasteiger partial charge in [0.05, 0.1) is 0 Å². The summed E-state index contributed by atoms with van der Waals surface area (Å²) in [5.41, 5.74) is 3.69. The molecule has 1 atom stereocenters. The van der Waals surface area contributed by atoms with Crippen molar-refractivity contribution in [2.24, 2.45) is 0 Å². The van der Waals surface area contributed by atoms with Gasteiger partial charge in [0.1, 0.15) is 5.58 Å². The Balaban J connectivity index is 1.66. The molecule has 136 valence electrons. The highest BCUT2D eigenvalue weighted by atomic mass is 16.3. The van der Waals surface area contributed by atoms with Crippen LogP contribution in [-0.2, 0) is 0 Å². The van der Waals surface area contributed by atoms with E-state index in [4.69, 9.17) is 4.42 Å². The fourth-order valence-electron chi connectivity index (χ4n) is 3.48. The van der Waals surface area contributed by atoms with E-state index >= 15 is 0 Å². The molecule has 0 fully saturated rings. The van der Waals surface area contributed by atoms with Crippen molar-refractivity contribution >= 4 is 33.3 Å². The zero-order chi connectivity index (χ0) is 19.0. The molecule has 0 radical (unpaired) electrons. The van der Waals surface area contributed by atoms with E-state index in [1.165, 1.54) is 5.56 Å². The average Bonchev–Trinajstić information content (AvgIpc) is 3.05. The maximum Gasteiger partial charge on any atom is 0.291 e. The normalized spacial score (nSPS) is 12.4. The second-order valence-electron chi connectivity index (χ2n) is 7.10. The number of rotatable bonds is 4. The summed E-state index contributed by atoms with van der Waals surface area (Å²) < 4.78 is 6.01. The molecule has 1 aromatic heterocycles. The first-order chi connectivity index (χ1) is 13.1. The lowest BCUT2D eigenvalue weighted by molar-refractivity contribution is 0.0998. The second-order valence-corrected chi connectivity index (χ2v) is 7.10. The third-order valence-electron chi connectivity index (χ3n) is 5.38. The molecule has 4 rings (SSSR count). The third kappa shape index (κ3) is 3.10. The number of fused-ring (bicyclic) bond motifs is 3. The maximum atomic E-state index is 12.8. The van der Waals surface area contributed by atoms with E-state index in [-0.39, 0.29) is 5.91 Å². The van der Waals surface area contributed by atoms with Gasteiger partial charge in [-0.15, -0.1) is 0 Å². The molecule has 0 aliphatic heterocycles. The van der Waals surface area contributed by atoms with E-state index in [1.54, 1.807) is 0 Å². The van der Waals surface area contributed by atoms with Crippen LogP contribution in [0.1, 0.15) is 47.9 Å². The molecule has 0 aliphatic rings. The van der Waals surface area contributed by atoms with Gasteiger partial charge >= 0.3 is 0 Å². The van der Waals surface area contributed by atoms with Gasteiger partial charge in [-0.1, -0.05) is 62.4 Å². The van der Waals surface area contributed by atoms with Gasteiger partial charge in [0, 0.05) is 22.0 Å². The van der Waals surface area contributed by atoms with Crippen LogP contribution in [0.4, 0.5) is 5.69 Å². The van der Waals surface area contributed by atoms with Crippen molar-refractivity contribution < 1.29 is 9.21 Å². The van der Waals surface area contributed by atoms with Crippen LogP contribution in [0.2, 0.25) is 0 Å². The summed E-state index contributed by atoms with van der Waals surface area (Å²) in [5, 5.41) is 6.06. The monoisotopic (exact) mass is 357 g/mol. The van der Waals surface area contributed by atoms with Crippen LogP contribution in [0.15, 0.2) is 65.1 Å². The summed E-state index contributed by atoms with van der Waals surface area (Å²) in [6, 6.07) is 20.2. The highest BCUT2D eigenvalue weighted by molar-refractivity contribution is 6.11. The molecule has 0 spiro atoms. The number of amides is 1. The van der Waals surface area contributed by atoms with E-state index in [9.17, 15) is 4.79 Å². The molecule has 1 heterocycles. The van der Waals surface area contributed by atoms with Crippen molar-refractivity contribution in [1.82, 2.24) is 0 Å². The van der Waals surface area contributed by atoms with Gasteiger partial charge in [0.15, 0.2) is 5.76 Å². The van der Waals surface area contributed by atoms with Crippen LogP contribution in [-0.4, -0.2) is 5.91 Å². The Kier molecular flexibility index (Phi) is 4.44. The Morgan fingerprint density at radius 3 is 2.48 bits per heavy atom. The second kappa shape index (κ2) is 6.92. The zero-order valence-electron chi connectivity index (χ0n) is 15.9. The average molecular weight is 357 g/mol. The predicted molar refractivity (Wildman–Crippen MR) is 112 cm³/mol. The molecule has 0 saturated carbocycles. The summed E-state index contributed by atoms with van der Waals surface area (Å²) in [6.07, 6.45) is 1.10. The predicted octanol–water partition coefficient (Wildman–Crippen LogP) is 6.66. The molecule has 0 aliphatic carbocycles. The molecule has 27 heavy (non-hydrogen) atoms. The lowest BCUT2D eigenvalue weighted by atomic mass is 9.98.